The van der Waals surface area contributed by atoms with Gasteiger partial charge in [-0.3, -0.25) is 4.79 Å². The maximum absolute atomic E-state index is 13.1. The van der Waals surface area contributed by atoms with Gasteiger partial charge < -0.3 is 15.0 Å². The minimum Gasteiger partial charge on any atom is -0.376 e. The summed E-state index contributed by atoms with van der Waals surface area (Å²) in [5, 5.41) is 3.30. The first-order valence-corrected chi connectivity index (χ1v) is 9.28. The molecule has 2 atom stereocenters. The van der Waals surface area contributed by atoms with Crippen LogP contribution >= 0.6 is 12.4 Å². The Morgan fingerprint density at radius 1 is 1.22 bits per heavy atom. The van der Waals surface area contributed by atoms with Gasteiger partial charge in [0, 0.05) is 25.1 Å². The van der Waals surface area contributed by atoms with E-state index in [1.54, 1.807) is 0 Å². The number of ether oxygens (including phenoxy) is 1. The molecular weight excluding hydrogens is 312 g/mol. The number of carbonyl (C=O) groups excluding carboxylic acids is 1. The molecule has 0 aromatic carbocycles. The van der Waals surface area contributed by atoms with Gasteiger partial charge in [0.2, 0.25) is 5.91 Å². The second-order valence-corrected chi connectivity index (χ2v) is 7.75. The van der Waals surface area contributed by atoms with E-state index in [-0.39, 0.29) is 24.4 Å². The summed E-state index contributed by atoms with van der Waals surface area (Å²) in [5.74, 6) is 1.88. The van der Waals surface area contributed by atoms with E-state index in [0.29, 0.717) is 17.9 Å². The van der Waals surface area contributed by atoms with Gasteiger partial charge in [-0.1, -0.05) is 13.8 Å². The molecule has 0 aromatic rings. The molecule has 2 saturated heterocycles. The molecule has 0 bridgehead atoms. The lowest BCUT2D eigenvalue weighted by Gasteiger charge is -2.41. The second kappa shape index (κ2) is 8.68. The molecule has 1 aliphatic carbocycles. The highest BCUT2D eigenvalue weighted by molar-refractivity contribution is 5.85. The SMILES string of the molecule is CC1CCC(N(CC2CCCO2)C(=O)C(C)C2CNC2)CC1.Cl. The molecule has 3 fully saturated rings. The Morgan fingerprint density at radius 3 is 2.43 bits per heavy atom. The number of halogens is 1. The smallest absolute Gasteiger partial charge is 0.226 e. The van der Waals surface area contributed by atoms with Crippen LogP contribution in [-0.4, -0.2) is 49.2 Å². The largest absolute Gasteiger partial charge is 0.376 e. The summed E-state index contributed by atoms with van der Waals surface area (Å²) < 4.78 is 5.82. The minimum atomic E-state index is 0. The van der Waals surface area contributed by atoms with Gasteiger partial charge in [-0.05, 0) is 63.5 Å². The van der Waals surface area contributed by atoms with Gasteiger partial charge in [0.05, 0.1) is 6.10 Å². The van der Waals surface area contributed by atoms with Crippen LogP contribution in [0.1, 0.15) is 52.4 Å². The van der Waals surface area contributed by atoms with Gasteiger partial charge in [-0.25, -0.2) is 0 Å². The van der Waals surface area contributed by atoms with Crippen molar-refractivity contribution in [1.82, 2.24) is 10.2 Å². The van der Waals surface area contributed by atoms with Crippen molar-refractivity contribution in [2.75, 3.05) is 26.2 Å². The summed E-state index contributed by atoms with van der Waals surface area (Å²) in [6.07, 6.45) is 7.42. The molecule has 3 aliphatic rings. The Bertz CT molecular complexity index is 375. The highest BCUT2D eigenvalue weighted by Crippen LogP contribution is 2.30. The summed E-state index contributed by atoms with van der Waals surface area (Å²) in [7, 11) is 0. The molecule has 3 rings (SSSR count). The van der Waals surface area contributed by atoms with Crippen LogP contribution in [0.4, 0.5) is 0 Å². The quantitative estimate of drug-likeness (QED) is 0.833. The van der Waals surface area contributed by atoms with Crippen LogP contribution in [-0.2, 0) is 9.53 Å². The van der Waals surface area contributed by atoms with E-state index in [2.05, 4.69) is 24.1 Å². The van der Waals surface area contributed by atoms with Crippen molar-refractivity contribution >= 4 is 18.3 Å². The van der Waals surface area contributed by atoms with E-state index in [1.165, 1.54) is 25.7 Å². The van der Waals surface area contributed by atoms with Crippen molar-refractivity contribution in [1.29, 1.82) is 0 Å². The molecule has 134 valence electrons. The highest BCUT2D eigenvalue weighted by atomic mass is 35.5. The van der Waals surface area contributed by atoms with Crippen LogP contribution in [0.2, 0.25) is 0 Å². The second-order valence-electron chi connectivity index (χ2n) is 7.75. The molecule has 0 aromatic heterocycles. The topological polar surface area (TPSA) is 41.6 Å². The molecule has 1 N–H and O–H groups in total. The highest BCUT2D eigenvalue weighted by Gasteiger charge is 2.36. The molecule has 2 heterocycles. The van der Waals surface area contributed by atoms with Crippen LogP contribution in [0.3, 0.4) is 0 Å². The monoisotopic (exact) mass is 344 g/mol. The minimum absolute atomic E-state index is 0. The Morgan fingerprint density at radius 2 is 1.91 bits per heavy atom. The van der Waals surface area contributed by atoms with Crippen molar-refractivity contribution in [3.05, 3.63) is 0 Å². The first-order valence-electron chi connectivity index (χ1n) is 9.28. The van der Waals surface area contributed by atoms with E-state index in [9.17, 15) is 4.79 Å². The fourth-order valence-corrected chi connectivity index (χ4v) is 4.11. The molecular formula is C18H33ClN2O2. The molecule has 1 amide bonds. The molecule has 0 radical (unpaired) electrons. The van der Waals surface area contributed by atoms with E-state index >= 15 is 0 Å². The summed E-state index contributed by atoms with van der Waals surface area (Å²) >= 11 is 0. The average molecular weight is 345 g/mol. The van der Waals surface area contributed by atoms with Crippen LogP contribution < -0.4 is 5.32 Å². The van der Waals surface area contributed by atoms with Gasteiger partial charge in [-0.2, -0.15) is 0 Å². The first kappa shape index (κ1) is 19.0. The van der Waals surface area contributed by atoms with Gasteiger partial charge in [0.25, 0.3) is 0 Å². The molecule has 5 heteroatoms. The normalized spacial score (nSPS) is 32.7. The maximum Gasteiger partial charge on any atom is 0.226 e. The standard InChI is InChI=1S/C18H32N2O2.ClH/c1-13-5-7-16(8-6-13)20(12-17-4-3-9-22-17)18(21)14(2)15-10-19-11-15;/h13-17,19H,3-12H2,1-2H3;1H. The van der Waals surface area contributed by atoms with E-state index in [4.69, 9.17) is 4.74 Å². The van der Waals surface area contributed by atoms with Crippen molar-refractivity contribution in [2.24, 2.45) is 17.8 Å². The third-order valence-corrected chi connectivity index (χ3v) is 6.04. The zero-order valence-corrected chi connectivity index (χ0v) is 15.4. The number of rotatable bonds is 5. The lowest BCUT2D eigenvalue weighted by Crippen LogP contribution is -2.54. The van der Waals surface area contributed by atoms with Gasteiger partial charge in [0.1, 0.15) is 0 Å². The molecule has 1 saturated carbocycles. The number of carbonyl (C=O) groups is 1. The lowest BCUT2D eigenvalue weighted by molar-refractivity contribution is -0.142. The number of hydrogen-bond acceptors (Lipinski definition) is 3. The molecule has 4 nitrogen and oxygen atoms in total. The number of nitrogens with one attached hydrogen (secondary N) is 1. The third-order valence-electron chi connectivity index (χ3n) is 6.04. The van der Waals surface area contributed by atoms with E-state index in [0.717, 1.165) is 45.0 Å². The Hall–Kier alpha value is -0.320. The van der Waals surface area contributed by atoms with Crippen molar-refractivity contribution in [2.45, 2.75) is 64.5 Å². The van der Waals surface area contributed by atoms with E-state index < -0.39 is 0 Å². The Labute approximate surface area is 147 Å². The molecule has 0 spiro atoms. The average Bonchev–Trinajstić information content (AvgIpc) is 2.96. The fraction of sp³-hybridized carbons (Fsp3) is 0.944. The summed E-state index contributed by atoms with van der Waals surface area (Å²) in [6, 6.07) is 0.448. The number of nitrogens with zero attached hydrogens (tertiary/aromatic N) is 1. The summed E-state index contributed by atoms with van der Waals surface area (Å²) in [5.41, 5.74) is 0. The summed E-state index contributed by atoms with van der Waals surface area (Å²) in [6.45, 7) is 8.16. The predicted molar refractivity (Wildman–Crippen MR) is 94.9 cm³/mol. The molecule has 2 aliphatic heterocycles. The third kappa shape index (κ3) is 4.61. The zero-order valence-electron chi connectivity index (χ0n) is 14.6. The van der Waals surface area contributed by atoms with Crippen molar-refractivity contribution < 1.29 is 9.53 Å². The number of hydrogen-bond donors (Lipinski definition) is 1. The summed E-state index contributed by atoms with van der Waals surface area (Å²) in [4.78, 5) is 15.3. The lowest BCUT2D eigenvalue weighted by atomic mass is 9.84. The van der Waals surface area contributed by atoms with Crippen molar-refractivity contribution in [3.63, 3.8) is 0 Å². The van der Waals surface area contributed by atoms with Gasteiger partial charge >= 0.3 is 0 Å². The Balaban J connectivity index is 0.00000192. The first-order chi connectivity index (χ1) is 10.6. The molecule has 23 heavy (non-hydrogen) atoms. The van der Waals surface area contributed by atoms with E-state index in [1.807, 2.05) is 0 Å². The van der Waals surface area contributed by atoms with Crippen LogP contribution in [0.5, 0.6) is 0 Å². The zero-order chi connectivity index (χ0) is 15.5. The van der Waals surface area contributed by atoms with Crippen LogP contribution in [0.15, 0.2) is 0 Å². The fourth-order valence-electron chi connectivity index (χ4n) is 4.11. The molecule has 2 unspecified atom stereocenters. The van der Waals surface area contributed by atoms with Gasteiger partial charge in [-0.15, -0.1) is 12.4 Å². The van der Waals surface area contributed by atoms with Gasteiger partial charge in [0.15, 0.2) is 0 Å². The van der Waals surface area contributed by atoms with Crippen LogP contribution in [0, 0.1) is 17.8 Å². The maximum atomic E-state index is 13.1. The van der Waals surface area contributed by atoms with Crippen molar-refractivity contribution in [3.8, 4) is 0 Å². The predicted octanol–water partition coefficient (Wildman–Crippen LogP) is 2.85. The Kier molecular flexibility index (Phi) is 7.18. The number of amides is 1. The van der Waals surface area contributed by atoms with Crippen LogP contribution in [0.25, 0.3) is 0 Å².